The van der Waals surface area contributed by atoms with E-state index >= 15 is 0 Å². The van der Waals surface area contributed by atoms with E-state index in [9.17, 15) is 9.90 Å². The number of rotatable bonds is 2. The number of aryl methyl sites for hydroxylation is 1. The average molecular weight is 313 g/mol. The third kappa shape index (κ3) is 2.61. The molecular weight excluding hydrogens is 300 g/mol. The Kier molecular flexibility index (Phi) is 3.69. The number of hydrogen-bond donors (Lipinski definition) is 2. The Morgan fingerprint density at radius 3 is 2.86 bits per heavy atom. The number of aromatic hydroxyl groups is 1. The Balaban J connectivity index is 1.99. The maximum atomic E-state index is 12.4. The minimum atomic E-state index is -0.433. The number of pyridine rings is 1. The number of carbonyl (C=O) groups is 1. The predicted molar refractivity (Wildman–Crippen MR) is 87.6 cm³/mol. The fourth-order valence-corrected chi connectivity index (χ4v) is 2.40. The predicted octanol–water partition coefficient (Wildman–Crippen LogP) is 4.15. The summed E-state index contributed by atoms with van der Waals surface area (Å²) in [6.45, 7) is 1.91. The first-order chi connectivity index (χ1) is 10.6. The molecule has 2 N–H and O–H groups in total. The average Bonchev–Trinajstić information content (AvgIpc) is 2.51. The Morgan fingerprint density at radius 2 is 2.05 bits per heavy atom. The Hall–Kier alpha value is -2.59. The summed E-state index contributed by atoms with van der Waals surface area (Å²) < 4.78 is 0. The molecule has 3 aromatic rings. The van der Waals surface area contributed by atoms with Crippen molar-refractivity contribution < 1.29 is 9.90 Å². The highest BCUT2D eigenvalue weighted by Gasteiger charge is 2.15. The molecule has 1 aromatic heterocycles. The smallest absolute Gasteiger partial charge is 0.259 e. The second-order valence-corrected chi connectivity index (χ2v) is 5.38. The van der Waals surface area contributed by atoms with Gasteiger partial charge in [-0.05, 0) is 36.8 Å². The van der Waals surface area contributed by atoms with E-state index in [0.717, 1.165) is 10.9 Å². The lowest BCUT2D eigenvalue weighted by Crippen LogP contribution is -2.12. The summed E-state index contributed by atoms with van der Waals surface area (Å²) in [4.78, 5) is 16.5. The summed E-state index contributed by atoms with van der Waals surface area (Å²) in [6, 6.07) is 12.3. The van der Waals surface area contributed by atoms with Crippen LogP contribution in [-0.2, 0) is 0 Å². The van der Waals surface area contributed by atoms with Crippen LogP contribution in [0.5, 0.6) is 5.75 Å². The molecule has 0 aliphatic heterocycles. The van der Waals surface area contributed by atoms with Crippen molar-refractivity contribution in [1.82, 2.24) is 4.98 Å². The van der Waals surface area contributed by atoms with E-state index in [-0.39, 0.29) is 11.3 Å². The van der Waals surface area contributed by atoms with Crippen LogP contribution >= 0.6 is 11.6 Å². The van der Waals surface area contributed by atoms with E-state index in [1.807, 2.05) is 19.1 Å². The van der Waals surface area contributed by atoms with Crippen molar-refractivity contribution >= 4 is 34.1 Å². The number of phenolic OH excluding ortho intramolecular Hbond substituents is 1. The summed E-state index contributed by atoms with van der Waals surface area (Å²) in [5.74, 6) is -0.572. The van der Waals surface area contributed by atoms with E-state index in [2.05, 4.69) is 10.3 Å². The van der Waals surface area contributed by atoms with Crippen LogP contribution in [0, 0.1) is 6.92 Å². The number of nitrogens with zero attached hydrogens (tertiary/aromatic N) is 1. The van der Waals surface area contributed by atoms with Gasteiger partial charge in [-0.3, -0.25) is 9.78 Å². The van der Waals surface area contributed by atoms with E-state index in [4.69, 9.17) is 11.6 Å². The molecule has 22 heavy (non-hydrogen) atoms. The Labute approximate surface area is 132 Å². The van der Waals surface area contributed by atoms with Gasteiger partial charge in [-0.25, -0.2) is 0 Å². The molecule has 1 amide bonds. The van der Waals surface area contributed by atoms with E-state index < -0.39 is 5.91 Å². The van der Waals surface area contributed by atoms with Gasteiger partial charge in [0.1, 0.15) is 5.52 Å². The van der Waals surface area contributed by atoms with Gasteiger partial charge in [0.05, 0.1) is 16.3 Å². The second-order valence-electron chi connectivity index (χ2n) is 4.97. The van der Waals surface area contributed by atoms with Crippen LogP contribution in [0.2, 0.25) is 5.02 Å². The minimum absolute atomic E-state index is 0.139. The van der Waals surface area contributed by atoms with Crippen LogP contribution in [0.4, 0.5) is 5.69 Å². The summed E-state index contributed by atoms with van der Waals surface area (Å²) in [5, 5.41) is 14.2. The molecular formula is C17H13ClN2O2. The summed E-state index contributed by atoms with van der Waals surface area (Å²) >= 11 is 6.07. The van der Waals surface area contributed by atoms with E-state index in [1.54, 1.807) is 36.5 Å². The third-order valence-corrected chi connectivity index (χ3v) is 3.69. The summed E-state index contributed by atoms with van der Waals surface area (Å²) in [5.41, 5.74) is 2.03. The highest BCUT2D eigenvalue weighted by molar-refractivity contribution is 6.34. The van der Waals surface area contributed by atoms with Gasteiger partial charge < -0.3 is 10.4 Å². The first-order valence-corrected chi connectivity index (χ1v) is 7.08. The number of hydrogen-bond acceptors (Lipinski definition) is 3. The molecule has 0 aliphatic rings. The van der Waals surface area contributed by atoms with E-state index in [1.165, 1.54) is 0 Å². The number of amides is 1. The number of nitrogens with one attached hydrogen (secondary N) is 1. The van der Waals surface area contributed by atoms with Crippen LogP contribution < -0.4 is 5.32 Å². The molecule has 0 bridgehead atoms. The van der Waals surface area contributed by atoms with Crippen LogP contribution in [0.25, 0.3) is 10.9 Å². The maximum absolute atomic E-state index is 12.4. The molecule has 0 atom stereocenters. The monoisotopic (exact) mass is 312 g/mol. The lowest BCUT2D eigenvalue weighted by molar-refractivity contribution is 0.102. The topological polar surface area (TPSA) is 62.2 Å². The normalized spacial score (nSPS) is 10.6. The number of phenols is 1. The molecule has 0 saturated heterocycles. The lowest BCUT2D eigenvalue weighted by Gasteiger charge is -2.10. The SMILES string of the molecule is Cc1ccc(Cl)c(NC(=O)c2ccc3cccnc3c2O)c1. The van der Waals surface area contributed by atoms with Crippen molar-refractivity contribution in [3.63, 3.8) is 0 Å². The van der Waals surface area contributed by atoms with Gasteiger partial charge in [0.25, 0.3) is 5.91 Å². The van der Waals surface area contributed by atoms with Gasteiger partial charge in [-0.2, -0.15) is 0 Å². The van der Waals surface area contributed by atoms with Gasteiger partial charge in [0.2, 0.25) is 0 Å². The van der Waals surface area contributed by atoms with Crippen molar-refractivity contribution in [3.05, 3.63) is 64.8 Å². The van der Waals surface area contributed by atoms with Crippen LogP contribution in [0.15, 0.2) is 48.7 Å². The van der Waals surface area contributed by atoms with Crippen molar-refractivity contribution in [1.29, 1.82) is 0 Å². The number of aromatic nitrogens is 1. The third-order valence-electron chi connectivity index (χ3n) is 3.36. The van der Waals surface area contributed by atoms with Crippen LogP contribution in [-0.4, -0.2) is 16.0 Å². The molecule has 4 nitrogen and oxygen atoms in total. The summed E-state index contributed by atoms with van der Waals surface area (Å²) in [6.07, 6.45) is 1.57. The Bertz CT molecular complexity index is 878. The number of fused-ring (bicyclic) bond motifs is 1. The second kappa shape index (κ2) is 5.66. The van der Waals surface area contributed by atoms with Gasteiger partial charge >= 0.3 is 0 Å². The molecule has 0 radical (unpaired) electrons. The zero-order valence-corrected chi connectivity index (χ0v) is 12.6. The van der Waals surface area contributed by atoms with Crippen molar-refractivity contribution in [2.24, 2.45) is 0 Å². The first-order valence-electron chi connectivity index (χ1n) is 6.70. The standard InChI is InChI=1S/C17H13ClN2O2/c1-10-4-7-13(18)14(9-10)20-17(22)12-6-5-11-3-2-8-19-15(11)16(12)21/h2-9,21H,1H3,(H,20,22). The fraction of sp³-hybridized carbons (Fsp3) is 0.0588. The van der Waals surface area contributed by atoms with Crippen molar-refractivity contribution in [2.45, 2.75) is 6.92 Å². The summed E-state index contributed by atoms with van der Waals surface area (Å²) in [7, 11) is 0. The van der Waals surface area contributed by atoms with Crippen molar-refractivity contribution in [2.75, 3.05) is 5.32 Å². The van der Waals surface area contributed by atoms with E-state index in [0.29, 0.717) is 16.2 Å². The van der Waals surface area contributed by atoms with Crippen molar-refractivity contribution in [3.8, 4) is 5.75 Å². The molecule has 1 heterocycles. The number of anilines is 1. The molecule has 2 aromatic carbocycles. The highest BCUT2D eigenvalue weighted by atomic mass is 35.5. The van der Waals surface area contributed by atoms with Crippen LogP contribution in [0.1, 0.15) is 15.9 Å². The lowest BCUT2D eigenvalue weighted by atomic mass is 10.1. The maximum Gasteiger partial charge on any atom is 0.259 e. The molecule has 5 heteroatoms. The molecule has 3 rings (SSSR count). The van der Waals surface area contributed by atoms with Gasteiger partial charge in [-0.15, -0.1) is 0 Å². The molecule has 0 fully saturated rings. The van der Waals surface area contributed by atoms with Gasteiger partial charge in [0.15, 0.2) is 5.75 Å². The Morgan fingerprint density at radius 1 is 1.23 bits per heavy atom. The quantitative estimate of drug-likeness (QED) is 0.747. The number of benzene rings is 2. The minimum Gasteiger partial charge on any atom is -0.505 e. The van der Waals surface area contributed by atoms with Crippen LogP contribution in [0.3, 0.4) is 0 Å². The van der Waals surface area contributed by atoms with Gasteiger partial charge in [0, 0.05) is 11.6 Å². The molecule has 0 spiro atoms. The zero-order chi connectivity index (χ0) is 15.7. The fourth-order valence-electron chi connectivity index (χ4n) is 2.24. The first kappa shape index (κ1) is 14.4. The zero-order valence-electron chi connectivity index (χ0n) is 11.8. The molecule has 0 aliphatic carbocycles. The largest absolute Gasteiger partial charge is 0.505 e. The number of carbonyl (C=O) groups excluding carboxylic acids is 1. The molecule has 110 valence electrons. The molecule has 0 saturated carbocycles. The highest BCUT2D eigenvalue weighted by Crippen LogP contribution is 2.29. The molecule has 0 unspecified atom stereocenters. The van der Waals surface area contributed by atoms with Gasteiger partial charge in [-0.1, -0.05) is 29.8 Å². The number of halogens is 1.